The number of rotatable bonds is 6. The summed E-state index contributed by atoms with van der Waals surface area (Å²) in [7, 11) is -3.77. The molecule has 0 saturated carbocycles. The predicted octanol–water partition coefficient (Wildman–Crippen LogP) is 1.19. The van der Waals surface area contributed by atoms with Gasteiger partial charge in [0.25, 0.3) is 0 Å². The van der Waals surface area contributed by atoms with E-state index in [1.165, 1.54) is 24.3 Å². The minimum atomic E-state index is -3.77. The van der Waals surface area contributed by atoms with Gasteiger partial charge in [0.1, 0.15) is 5.60 Å². The number of aromatic carboxylic acids is 1. The summed E-state index contributed by atoms with van der Waals surface area (Å²) in [6.07, 6.45) is -0.637. The molecule has 0 atom stereocenters. The van der Waals surface area contributed by atoms with Crippen molar-refractivity contribution in [2.24, 2.45) is 0 Å². The number of ether oxygens (including phenoxy) is 1. The van der Waals surface area contributed by atoms with E-state index in [0.29, 0.717) is 0 Å². The average Bonchev–Trinajstić information content (AvgIpc) is 2.42. The Morgan fingerprint density at radius 1 is 1.13 bits per heavy atom. The fourth-order valence-corrected chi connectivity index (χ4v) is 2.56. The Balaban J connectivity index is 2.50. The van der Waals surface area contributed by atoms with Crippen molar-refractivity contribution >= 4 is 22.1 Å². The number of hydrogen-bond acceptors (Lipinski definition) is 5. The first-order valence-corrected chi connectivity index (χ1v) is 8.29. The number of benzene rings is 1. The zero-order valence-electron chi connectivity index (χ0n) is 13.1. The molecular weight excluding hydrogens is 324 g/mol. The van der Waals surface area contributed by atoms with Gasteiger partial charge in [-0.25, -0.2) is 22.7 Å². The van der Waals surface area contributed by atoms with E-state index in [0.717, 1.165) is 0 Å². The number of amides is 1. The van der Waals surface area contributed by atoms with Gasteiger partial charge in [0.05, 0.1) is 10.5 Å². The fraction of sp³-hybridized carbons (Fsp3) is 0.429. The first kappa shape index (κ1) is 18.9. The van der Waals surface area contributed by atoms with Crippen LogP contribution in [0.25, 0.3) is 0 Å². The zero-order chi connectivity index (χ0) is 17.7. The summed E-state index contributed by atoms with van der Waals surface area (Å²) in [5, 5.41) is 11.2. The van der Waals surface area contributed by atoms with Crippen LogP contribution >= 0.6 is 0 Å². The monoisotopic (exact) mass is 344 g/mol. The minimum absolute atomic E-state index is 0.00413. The Morgan fingerprint density at radius 3 is 2.17 bits per heavy atom. The van der Waals surface area contributed by atoms with Crippen LogP contribution in [0.1, 0.15) is 31.1 Å². The number of nitrogens with one attached hydrogen (secondary N) is 2. The third kappa shape index (κ3) is 6.66. The largest absolute Gasteiger partial charge is 0.478 e. The van der Waals surface area contributed by atoms with Gasteiger partial charge in [-0.1, -0.05) is 0 Å². The number of carboxylic acids is 1. The number of carboxylic acid groups (broad SMARTS) is 1. The maximum absolute atomic E-state index is 12.0. The molecule has 3 N–H and O–H groups in total. The number of alkyl carbamates (subject to hydrolysis) is 1. The number of carbonyl (C=O) groups is 2. The molecule has 8 nitrogen and oxygen atoms in total. The van der Waals surface area contributed by atoms with Gasteiger partial charge >= 0.3 is 12.1 Å². The highest BCUT2D eigenvalue weighted by Crippen LogP contribution is 2.10. The molecule has 0 aliphatic rings. The molecule has 0 fully saturated rings. The lowest BCUT2D eigenvalue weighted by Gasteiger charge is -2.19. The van der Waals surface area contributed by atoms with Crippen molar-refractivity contribution in [3.8, 4) is 0 Å². The lowest BCUT2D eigenvalue weighted by atomic mass is 10.2. The van der Waals surface area contributed by atoms with Gasteiger partial charge in [0, 0.05) is 13.1 Å². The normalized spacial score (nSPS) is 11.8. The van der Waals surface area contributed by atoms with Crippen molar-refractivity contribution in [3.63, 3.8) is 0 Å². The number of hydrogen-bond donors (Lipinski definition) is 3. The van der Waals surface area contributed by atoms with Crippen LogP contribution in [0.15, 0.2) is 29.2 Å². The molecule has 0 aliphatic carbocycles. The van der Waals surface area contributed by atoms with E-state index in [2.05, 4.69) is 10.0 Å². The summed E-state index contributed by atoms with van der Waals surface area (Å²) in [6.45, 7) is 5.19. The summed E-state index contributed by atoms with van der Waals surface area (Å²) < 4.78 is 31.3. The van der Waals surface area contributed by atoms with E-state index in [4.69, 9.17) is 9.84 Å². The maximum atomic E-state index is 12.0. The summed E-state index contributed by atoms with van der Waals surface area (Å²) in [4.78, 5) is 22.1. The third-order valence-electron chi connectivity index (χ3n) is 2.50. The topological polar surface area (TPSA) is 122 Å². The van der Waals surface area contributed by atoms with Crippen LogP contribution in [0.5, 0.6) is 0 Å². The standard InChI is InChI=1S/C14H20N2O6S/c1-14(2,3)22-13(19)15-8-9-16-23(20,21)11-6-4-10(5-7-11)12(17)18/h4-7,16H,8-9H2,1-3H3,(H,15,19)(H,17,18). The van der Waals surface area contributed by atoms with Crippen LogP contribution in [0.3, 0.4) is 0 Å². The Bertz CT molecular complexity index is 662. The van der Waals surface area contributed by atoms with E-state index < -0.39 is 27.7 Å². The van der Waals surface area contributed by atoms with Crippen molar-refractivity contribution in [1.82, 2.24) is 10.0 Å². The molecule has 23 heavy (non-hydrogen) atoms. The summed E-state index contributed by atoms with van der Waals surface area (Å²) >= 11 is 0. The Labute approximate surface area is 134 Å². The van der Waals surface area contributed by atoms with Crippen LogP contribution in [0, 0.1) is 0 Å². The second kappa shape index (κ2) is 7.42. The third-order valence-corrected chi connectivity index (χ3v) is 3.97. The maximum Gasteiger partial charge on any atom is 0.407 e. The molecule has 9 heteroatoms. The minimum Gasteiger partial charge on any atom is -0.478 e. The number of carbonyl (C=O) groups excluding carboxylic acids is 1. The van der Waals surface area contributed by atoms with E-state index in [1.807, 2.05) is 0 Å². The molecule has 1 amide bonds. The van der Waals surface area contributed by atoms with Crippen molar-refractivity contribution in [2.45, 2.75) is 31.3 Å². The summed E-state index contributed by atoms with van der Waals surface area (Å²) in [6, 6.07) is 4.81. The molecule has 0 aromatic heterocycles. The average molecular weight is 344 g/mol. The van der Waals surface area contributed by atoms with Crippen molar-refractivity contribution in [2.75, 3.05) is 13.1 Å². The molecule has 1 aromatic carbocycles. The highest BCUT2D eigenvalue weighted by molar-refractivity contribution is 7.89. The van der Waals surface area contributed by atoms with Crippen LogP contribution in [-0.2, 0) is 14.8 Å². The Kier molecular flexibility index (Phi) is 6.11. The van der Waals surface area contributed by atoms with Crippen LogP contribution < -0.4 is 10.0 Å². The second-order valence-corrected chi connectivity index (χ2v) is 7.42. The van der Waals surface area contributed by atoms with Gasteiger partial charge in [-0.05, 0) is 45.0 Å². The fourth-order valence-electron chi connectivity index (χ4n) is 1.52. The first-order valence-electron chi connectivity index (χ1n) is 6.81. The predicted molar refractivity (Wildman–Crippen MR) is 82.8 cm³/mol. The summed E-state index contributed by atoms with van der Waals surface area (Å²) in [5.74, 6) is -1.14. The van der Waals surface area contributed by atoms with Gasteiger partial charge in [-0.3, -0.25) is 0 Å². The molecule has 0 bridgehead atoms. The lowest BCUT2D eigenvalue weighted by Crippen LogP contribution is -2.37. The number of sulfonamides is 1. The second-order valence-electron chi connectivity index (χ2n) is 5.66. The SMILES string of the molecule is CC(C)(C)OC(=O)NCCNS(=O)(=O)c1ccc(C(=O)O)cc1. The smallest absolute Gasteiger partial charge is 0.407 e. The van der Waals surface area contributed by atoms with Crippen LogP contribution in [0.2, 0.25) is 0 Å². The van der Waals surface area contributed by atoms with Crippen LogP contribution in [-0.4, -0.2) is 44.3 Å². The Hall–Kier alpha value is -2.13. The quantitative estimate of drug-likeness (QED) is 0.666. The van der Waals surface area contributed by atoms with E-state index in [1.54, 1.807) is 20.8 Å². The van der Waals surface area contributed by atoms with E-state index in [-0.39, 0.29) is 23.5 Å². The molecule has 1 aromatic rings. The highest BCUT2D eigenvalue weighted by Gasteiger charge is 2.17. The van der Waals surface area contributed by atoms with E-state index >= 15 is 0 Å². The van der Waals surface area contributed by atoms with E-state index in [9.17, 15) is 18.0 Å². The van der Waals surface area contributed by atoms with Gasteiger partial charge < -0.3 is 15.2 Å². The van der Waals surface area contributed by atoms with Gasteiger partial charge in [0.2, 0.25) is 10.0 Å². The van der Waals surface area contributed by atoms with Gasteiger partial charge in [0.15, 0.2) is 0 Å². The van der Waals surface area contributed by atoms with Gasteiger partial charge in [-0.15, -0.1) is 0 Å². The van der Waals surface area contributed by atoms with Crippen molar-refractivity contribution in [1.29, 1.82) is 0 Å². The molecule has 128 valence electrons. The molecule has 0 saturated heterocycles. The molecular formula is C14H20N2O6S. The Morgan fingerprint density at radius 2 is 1.70 bits per heavy atom. The molecule has 1 rings (SSSR count). The molecule has 0 unspecified atom stereocenters. The van der Waals surface area contributed by atoms with Crippen LogP contribution in [0.4, 0.5) is 4.79 Å². The molecule has 0 spiro atoms. The van der Waals surface area contributed by atoms with Crippen molar-refractivity contribution in [3.05, 3.63) is 29.8 Å². The lowest BCUT2D eigenvalue weighted by molar-refractivity contribution is 0.0528. The molecule has 0 radical (unpaired) electrons. The van der Waals surface area contributed by atoms with Gasteiger partial charge in [-0.2, -0.15) is 0 Å². The zero-order valence-corrected chi connectivity index (χ0v) is 13.9. The first-order chi connectivity index (χ1) is 10.5. The highest BCUT2D eigenvalue weighted by atomic mass is 32.2. The summed E-state index contributed by atoms with van der Waals surface area (Å²) in [5.41, 5.74) is -0.634. The molecule has 0 aliphatic heterocycles. The van der Waals surface area contributed by atoms with Crippen molar-refractivity contribution < 1.29 is 27.9 Å². The molecule has 0 heterocycles.